The maximum absolute atomic E-state index is 13.2. The summed E-state index contributed by atoms with van der Waals surface area (Å²) in [5.74, 6) is -0.700. The molecule has 3 rings (SSSR count). The fraction of sp³-hybridized carbons (Fsp3) is 0.238. The Morgan fingerprint density at radius 2 is 1.66 bits per heavy atom. The van der Waals surface area contributed by atoms with Gasteiger partial charge in [0.25, 0.3) is 10.0 Å². The lowest BCUT2D eigenvalue weighted by atomic mass is 10.1. The lowest BCUT2D eigenvalue weighted by Gasteiger charge is -2.12. The molecular formula is C21H22FN3O3S. The lowest BCUT2D eigenvalue weighted by Crippen LogP contribution is -2.25. The molecule has 0 radical (unpaired) electrons. The molecule has 0 spiro atoms. The maximum Gasteiger partial charge on any atom is 0.264 e. The minimum absolute atomic E-state index is 0.0295. The molecule has 1 amide bonds. The van der Waals surface area contributed by atoms with E-state index in [4.69, 9.17) is 0 Å². The van der Waals surface area contributed by atoms with E-state index in [0.717, 1.165) is 22.4 Å². The molecule has 1 heterocycles. The number of benzene rings is 2. The summed E-state index contributed by atoms with van der Waals surface area (Å²) in [6.45, 7) is 7.17. The molecule has 0 aliphatic carbocycles. The number of aryl methyl sites for hydroxylation is 3. The Hall–Kier alpha value is -3.00. The number of amidine groups is 1. The van der Waals surface area contributed by atoms with Crippen LogP contribution < -0.4 is 10.0 Å². The van der Waals surface area contributed by atoms with E-state index in [1.165, 1.54) is 24.3 Å². The predicted molar refractivity (Wildman–Crippen MR) is 113 cm³/mol. The molecule has 0 saturated heterocycles. The summed E-state index contributed by atoms with van der Waals surface area (Å²) in [5, 5.41) is 2.83. The van der Waals surface area contributed by atoms with Crippen LogP contribution in [-0.4, -0.2) is 26.7 Å². The summed E-state index contributed by atoms with van der Waals surface area (Å²) in [4.78, 5) is 16.5. The van der Waals surface area contributed by atoms with Crippen molar-refractivity contribution >= 4 is 32.4 Å². The number of sulfonamides is 1. The molecule has 2 aromatic rings. The van der Waals surface area contributed by atoms with E-state index in [1.807, 2.05) is 32.9 Å². The summed E-state index contributed by atoms with van der Waals surface area (Å²) in [6.07, 6.45) is 0. The number of carbonyl (C=O) groups excluding carboxylic acids is 1. The zero-order chi connectivity index (χ0) is 21.3. The SMILES string of the molecule is CC1=C(c2ccc(F)cc2)S(=O)(=O)NC1=NCC(=O)Nc1c(C)cc(C)cc1C. The van der Waals surface area contributed by atoms with Crippen molar-refractivity contribution in [1.29, 1.82) is 0 Å². The second kappa shape index (κ2) is 7.79. The number of hydrogen-bond donors (Lipinski definition) is 2. The van der Waals surface area contributed by atoms with Crippen LogP contribution in [0.3, 0.4) is 0 Å². The van der Waals surface area contributed by atoms with Crippen molar-refractivity contribution in [3.05, 3.63) is 70.0 Å². The van der Waals surface area contributed by atoms with E-state index >= 15 is 0 Å². The van der Waals surface area contributed by atoms with Gasteiger partial charge in [0.15, 0.2) is 0 Å². The van der Waals surface area contributed by atoms with Crippen molar-refractivity contribution < 1.29 is 17.6 Å². The van der Waals surface area contributed by atoms with E-state index in [1.54, 1.807) is 6.92 Å². The van der Waals surface area contributed by atoms with E-state index in [2.05, 4.69) is 15.0 Å². The van der Waals surface area contributed by atoms with Crippen molar-refractivity contribution in [2.45, 2.75) is 27.7 Å². The Balaban J connectivity index is 1.82. The third kappa shape index (κ3) is 4.37. The number of nitrogens with zero attached hydrogens (tertiary/aromatic N) is 1. The molecule has 0 aromatic heterocycles. The van der Waals surface area contributed by atoms with Crippen molar-refractivity contribution in [1.82, 2.24) is 4.72 Å². The summed E-state index contributed by atoms with van der Waals surface area (Å²) in [5.41, 5.74) is 4.46. The molecular weight excluding hydrogens is 393 g/mol. The first-order chi connectivity index (χ1) is 13.6. The van der Waals surface area contributed by atoms with Crippen LogP contribution in [0.4, 0.5) is 10.1 Å². The number of anilines is 1. The number of aliphatic imine (C=N–C) groups is 1. The molecule has 6 nitrogen and oxygen atoms in total. The highest BCUT2D eigenvalue weighted by Crippen LogP contribution is 2.30. The van der Waals surface area contributed by atoms with E-state index in [-0.39, 0.29) is 23.2 Å². The van der Waals surface area contributed by atoms with E-state index < -0.39 is 15.8 Å². The molecule has 0 fully saturated rings. The smallest absolute Gasteiger partial charge is 0.264 e. The molecule has 8 heteroatoms. The Bertz CT molecular complexity index is 1130. The van der Waals surface area contributed by atoms with Gasteiger partial charge in [0.2, 0.25) is 5.91 Å². The number of amides is 1. The van der Waals surface area contributed by atoms with Gasteiger partial charge in [0.1, 0.15) is 23.1 Å². The zero-order valence-corrected chi connectivity index (χ0v) is 17.4. The largest absolute Gasteiger partial charge is 0.324 e. The van der Waals surface area contributed by atoms with E-state index in [0.29, 0.717) is 11.1 Å². The first kappa shape index (κ1) is 20.7. The molecule has 2 N–H and O–H groups in total. The van der Waals surface area contributed by atoms with Crippen LogP contribution in [0.25, 0.3) is 4.91 Å². The first-order valence-electron chi connectivity index (χ1n) is 9.00. The van der Waals surface area contributed by atoms with Crippen molar-refractivity contribution in [2.24, 2.45) is 4.99 Å². The third-order valence-corrected chi connectivity index (χ3v) is 6.17. The molecule has 0 unspecified atom stereocenters. The van der Waals surface area contributed by atoms with E-state index in [9.17, 15) is 17.6 Å². The average molecular weight is 415 g/mol. The van der Waals surface area contributed by atoms with Gasteiger partial charge in [-0.15, -0.1) is 0 Å². The van der Waals surface area contributed by atoms with Gasteiger partial charge in [-0.3, -0.25) is 14.5 Å². The molecule has 1 aliphatic rings. The fourth-order valence-corrected chi connectivity index (χ4v) is 4.92. The first-order valence-corrected chi connectivity index (χ1v) is 10.5. The number of nitrogens with one attached hydrogen (secondary N) is 2. The molecule has 2 aromatic carbocycles. The summed E-state index contributed by atoms with van der Waals surface area (Å²) < 4.78 is 40.5. The second-order valence-electron chi connectivity index (χ2n) is 7.05. The predicted octanol–water partition coefficient (Wildman–Crippen LogP) is 3.45. The quantitative estimate of drug-likeness (QED) is 0.802. The van der Waals surface area contributed by atoms with Crippen molar-refractivity contribution in [3.63, 3.8) is 0 Å². The molecule has 152 valence electrons. The summed E-state index contributed by atoms with van der Waals surface area (Å²) in [7, 11) is -3.83. The molecule has 0 saturated carbocycles. The maximum atomic E-state index is 13.2. The topological polar surface area (TPSA) is 87.6 Å². The van der Waals surface area contributed by atoms with Crippen LogP contribution >= 0.6 is 0 Å². The van der Waals surface area contributed by atoms with Crippen LogP contribution in [0.1, 0.15) is 29.2 Å². The van der Waals surface area contributed by atoms with Crippen LogP contribution in [0, 0.1) is 26.6 Å². The minimum atomic E-state index is -3.83. The average Bonchev–Trinajstić information content (AvgIpc) is 2.86. The standard InChI is InChI=1S/C21H22FN3O3S/c1-12-9-13(2)19(14(3)10-12)24-18(26)11-23-21-15(4)20(29(27,28)25-21)16-5-7-17(22)8-6-16/h5-10H,11H2,1-4H3,(H,23,25)(H,24,26). The van der Waals surface area contributed by atoms with Crippen LogP contribution in [0.15, 0.2) is 47.0 Å². The van der Waals surface area contributed by atoms with Gasteiger partial charge < -0.3 is 5.32 Å². The molecule has 1 aliphatic heterocycles. The lowest BCUT2D eigenvalue weighted by molar-refractivity contribution is -0.114. The Labute approximate surface area is 169 Å². The minimum Gasteiger partial charge on any atom is -0.324 e. The summed E-state index contributed by atoms with van der Waals surface area (Å²) >= 11 is 0. The van der Waals surface area contributed by atoms with Gasteiger partial charge >= 0.3 is 0 Å². The Morgan fingerprint density at radius 1 is 1.07 bits per heavy atom. The van der Waals surface area contributed by atoms with Gasteiger partial charge in [0, 0.05) is 11.3 Å². The van der Waals surface area contributed by atoms with Gasteiger partial charge in [0.05, 0.1) is 0 Å². The molecule has 0 bridgehead atoms. The van der Waals surface area contributed by atoms with Gasteiger partial charge in [-0.25, -0.2) is 12.8 Å². The Morgan fingerprint density at radius 3 is 2.24 bits per heavy atom. The number of carbonyl (C=O) groups is 1. The van der Waals surface area contributed by atoms with Crippen LogP contribution in [0.2, 0.25) is 0 Å². The highest BCUT2D eigenvalue weighted by atomic mass is 32.2. The molecule has 29 heavy (non-hydrogen) atoms. The normalized spacial score (nSPS) is 16.8. The molecule has 0 atom stereocenters. The number of hydrogen-bond acceptors (Lipinski definition) is 4. The highest BCUT2D eigenvalue weighted by molar-refractivity contribution is 8.00. The monoisotopic (exact) mass is 415 g/mol. The fourth-order valence-electron chi connectivity index (χ4n) is 3.39. The highest BCUT2D eigenvalue weighted by Gasteiger charge is 2.32. The van der Waals surface area contributed by atoms with Crippen molar-refractivity contribution in [2.75, 3.05) is 11.9 Å². The van der Waals surface area contributed by atoms with Gasteiger partial charge in [-0.2, -0.15) is 0 Å². The zero-order valence-electron chi connectivity index (χ0n) is 16.6. The van der Waals surface area contributed by atoms with Crippen molar-refractivity contribution in [3.8, 4) is 0 Å². The van der Waals surface area contributed by atoms with Gasteiger partial charge in [-0.1, -0.05) is 29.8 Å². The van der Waals surface area contributed by atoms with Crippen LogP contribution in [0.5, 0.6) is 0 Å². The number of halogens is 1. The summed E-state index contributed by atoms with van der Waals surface area (Å²) in [6, 6.07) is 9.13. The van der Waals surface area contributed by atoms with Gasteiger partial charge in [-0.05, 0) is 56.5 Å². The third-order valence-electron chi connectivity index (χ3n) is 4.62. The number of rotatable bonds is 4. The second-order valence-corrected chi connectivity index (χ2v) is 8.67. The Kier molecular flexibility index (Phi) is 5.57. The van der Waals surface area contributed by atoms with Crippen LogP contribution in [-0.2, 0) is 14.8 Å².